The minimum atomic E-state index is -0.0439. The lowest BCUT2D eigenvalue weighted by atomic mass is 10.2. The lowest BCUT2D eigenvalue weighted by Crippen LogP contribution is -2.33. The summed E-state index contributed by atoms with van der Waals surface area (Å²) in [6.07, 6.45) is 0. The quantitative estimate of drug-likeness (QED) is 0.727. The van der Waals surface area contributed by atoms with E-state index in [0.29, 0.717) is 0 Å². The van der Waals surface area contributed by atoms with E-state index in [2.05, 4.69) is 16.9 Å². The van der Waals surface area contributed by atoms with Gasteiger partial charge in [0.25, 0.3) is 0 Å². The van der Waals surface area contributed by atoms with Gasteiger partial charge in [0.2, 0.25) is 5.91 Å². The number of rotatable bonds is 4. The van der Waals surface area contributed by atoms with Gasteiger partial charge < -0.3 is 9.47 Å². The number of carbonyl (C=O) groups is 1. The number of likely N-dealkylation sites (N-methyl/N-ethyl adjacent to an activating group) is 1. The highest BCUT2D eigenvalue weighted by Gasteiger charge is 2.22. The Morgan fingerprint density at radius 2 is 1.96 bits per heavy atom. The predicted molar refractivity (Wildman–Crippen MR) is 97.2 cm³/mol. The zero-order chi connectivity index (χ0) is 17.4. The molecule has 5 nitrogen and oxygen atoms in total. The summed E-state index contributed by atoms with van der Waals surface area (Å²) in [7, 11) is 1.84. The van der Waals surface area contributed by atoms with Gasteiger partial charge in [-0.3, -0.25) is 4.79 Å². The molecule has 1 amide bonds. The second-order valence-corrected chi connectivity index (χ2v) is 7.50. The number of thiazole rings is 1. The number of fused-ring (bicyclic) bond motifs is 1. The number of hydrogen-bond donors (Lipinski definition) is 0. The fourth-order valence-electron chi connectivity index (χ4n) is 2.97. The third-order valence-electron chi connectivity index (χ3n) is 4.45. The molecule has 0 aliphatic rings. The number of para-hydroxylation sites is 2. The van der Waals surface area contributed by atoms with Crippen LogP contribution in [0.3, 0.4) is 0 Å². The summed E-state index contributed by atoms with van der Waals surface area (Å²) in [5.74, 6) is 0.907. The van der Waals surface area contributed by atoms with Crippen molar-refractivity contribution in [3.63, 3.8) is 0 Å². The topological polar surface area (TPSA) is 51.0 Å². The molecule has 0 radical (unpaired) electrons. The van der Waals surface area contributed by atoms with E-state index in [-0.39, 0.29) is 18.5 Å². The van der Waals surface area contributed by atoms with E-state index in [1.807, 2.05) is 56.7 Å². The van der Waals surface area contributed by atoms with Crippen LogP contribution in [-0.4, -0.2) is 32.4 Å². The highest BCUT2D eigenvalue weighted by Crippen LogP contribution is 2.26. The second-order valence-electron chi connectivity index (χ2n) is 6.09. The van der Waals surface area contributed by atoms with Gasteiger partial charge in [0.15, 0.2) is 0 Å². The molecule has 3 aromatic rings. The average molecular weight is 342 g/mol. The van der Waals surface area contributed by atoms with Gasteiger partial charge in [0.05, 0.1) is 27.8 Å². The Kier molecular flexibility index (Phi) is 4.41. The van der Waals surface area contributed by atoms with E-state index in [0.717, 1.165) is 27.6 Å². The van der Waals surface area contributed by atoms with E-state index in [9.17, 15) is 4.79 Å². The number of aryl methyl sites for hydroxylation is 3. The molecule has 126 valence electrons. The second kappa shape index (κ2) is 6.36. The van der Waals surface area contributed by atoms with Crippen LogP contribution in [-0.2, 0) is 11.3 Å². The van der Waals surface area contributed by atoms with Crippen LogP contribution in [0.4, 0.5) is 0 Å². The number of imidazole rings is 1. The van der Waals surface area contributed by atoms with Crippen LogP contribution in [0, 0.1) is 20.8 Å². The van der Waals surface area contributed by atoms with Crippen LogP contribution in [0.15, 0.2) is 24.3 Å². The molecule has 0 bridgehead atoms. The van der Waals surface area contributed by atoms with Gasteiger partial charge in [0, 0.05) is 11.9 Å². The number of carbonyl (C=O) groups excluding carboxylic acids is 1. The molecule has 0 aliphatic heterocycles. The Balaban J connectivity index is 1.83. The number of aromatic nitrogens is 3. The van der Waals surface area contributed by atoms with Gasteiger partial charge in [-0.1, -0.05) is 12.1 Å². The Labute approximate surface area is 146 Å². The first-order chi connectivity index (χ1) is 11.4. The highest BCUT2D eigenvalue weighted by molar-refractivity contribution is 7.11. The van der Waals surface area contributed by atoms with Crippen molar-refractivity contribution < 1.29 is 4.79 Å². The summed E-state index contributed by atoms with van der Waals surface area (Å²) >= 11 is 1.67. The minimum absolute atomic E-state index is 0.0439. The first kappa shape index (κ1) is 16.6. The molecule has 2 aromatic heterocycles. The molecule has 0 spiro atoms. The number of hydrogen-bond acceptors (Lipinski definition) is 4. The summed E-state index contributed by atoms with van der Waals surface area (Å²) in [6.45, 7) is 8.30. The Morgan fingerprint density at radius 3 is 2.62 bits per heavy atom. The van der Waals surface area contributed by atoms with E-state index in [1.165, 1.54) is 4.88 Å². The zero-order valence-corrected chi connectivity index (χ0v) is 15.5. The minimum Gasteiger partial charge on any atom is -0.336 e. The number of benzene rings is 1. The Bertz CT molecular complexity index is 896. The zero-order valence-electron chi connectivity index (χ0n) is 14.7. The smallest absolute Gasteiger partial charge is 0.242 e. The third kappa shape index (κ3) is 2.94. The van der Waals surface area contributed by atoms with Crippen molar-refractivity contribution in [1.29, 1.82) is 0 Å². The summed E-state index contributed by atoms with van der Waals surface area (Å²) in [6, 6.07) is 7.86. The number of nitrogens with zero attached hydrogens (tertiary/aromatic N) is 4. The fraction of sp³-hybridized carbons (Fsp3) is 0.389. The molecule has 0 N–H and O–H groups in total. The van der Waals surface area contributed by atoms with Gasteiger partial charge in [-0.05, 0) is 39.8 Å². The molecular weight excluding hydrogens is 320 g/mol. The van der Waals surface area contributed by atoms with Crippen molar-refractivity contribution in [2.75, 3.05) is 7.05 Å². The molecule has 0 saturated carbocycles. The highest BCUT2D eigenvalue weighted by atomic mass is 32.1. The molecule has 2 heterocycles. The lowest BCUT2D eigenvalue weighted by Gasteiger charge is -2.25. The summed E-state index contributed by atoms with van der Waals surface area (Å²) in [5.41, 5.74) is 2.90. The SMILES string of the molecule is Cc1nc(C(C)N(C)C(=O)Cn2c(C)nc3ccccc32)c(C)s1. The largest absolute Gasteiger partial charge is 0.336 e. The van der Waals surface area contributed by atoms with Crippen molar-refractivity contribution in [3.8, 4) is 0 Å². The van der Waals surface area contributed by atoms with Crippen LogP contribution >= 0.6 is 11.3 Å². The van der Waals surface area contributed by atoms with Gasteiger partial charge in [-0.25, -0.2) is 9.97 Å². The van der Waals surface area contributed by atoms with Gasteiger partial charge in [0.1, 0.15) is 12.4 Å². The first-order valence-corrected chi connectivity index (χ1v) is 8.81. The van der Waals surface area contributed by atoms with E-state index < -0.39 is 0 Å². The molecule has 0 fully saturated rings. The summed E-state index contributed by atoms with van der Waals surface area (Å²) < 4.78 is 1.97. The van der Waals surface area contributed by atoms with Crippen LogP contribution < -0.4 is 0 Å². The average Bonchev–Trinajstić information content (AvgIpc) is 3.05. The van der Waals surface area contributed by atoms with E-state index in [4.69, 9.17) is 0 Å². The summed E-state index contributed by atoms with van der Waals surface area (Å²) in [4.78, 5) is 24.8. The van der Waals surface area contributed by atoms with Crippen LogP contribution in [0.5, 0.6) is 0 Å². The van der Waals surface area contributed by atoms with Crippen LogP contribution in [0.1, 0.15) is 34.4 Å². The molecule has 24 heavy (non-hydrogen) atoms. The van der Waals surface area contributed by atoms with Crippen molar-refractivity contribution in [2.45, 2.75) is 40.3 Å². The predicted octanol–water partition coefficient (Wildman–Crippen LogP) is 3.64. The molecular formula is C18H22N4OS. The molecule has 6 heteroatoms. The van der Waals surface area contributed by atoms with E-state index in [1.54, 1.807) is 16.2 Å². The summed E-state index contributed by atoms with van der Waals surface area (Å²) in [5, 5.41) is 1.03. The van der Waals surface area contributed by atoms with Crippen LogP contribution in [0.25, 0.3) is 11.0 Å². The normalized spacial score (nSPS) is 12.5. The van der Waals surface area contributed by atoms with Crippen LogP contribution in [0.2, 0.25) is 0 Å². The standard InChI is InChI=1S/C18H22N4OS/c1-11(18-12(2)24-14(4)20-18)21(5)17(23)10-22-13(3)19-15-8-6-7-9-16(15)22/h6-9,11H,10H2,1-5H3. The third-order valence-corrected chi connectivity index (χ3v) is 5.35. The lowest BCUT2D eigenvalue weighted by molar-refractivity contribution is -0.132. The van der Waals surface area contributed by atoms with Gasteiger partial charge >= 0.3 is 0 Å². The first-order valence-electron chi connectivity index (χ1n) is 8.00. The van der Waals surface area contributed by atoms with Crippen molar-refractivity contribution in [3.05, 3.63) is 45.7 Å². The van der Waals surface area contributed by atoms with E-state index >= 15 is 0 Å². The Morgan fingerprint density at radius 1 is 1.25 bits per heavy atom. The maximum absolute atomic E-state index is 12.8. The molecule has 0 aliphatic carbocycles. The molecule has 1 unspecified atom stereocenters. The number of amides is 1. The molecule has 3 rings (SSSR count). The Hall–Kier alpha value is -2.21. The maximum atomic E-state index is 12.8. The molecule has 1 aromatic carbocycles. The van der Waals surface area contributed by atoms with Crippen molar-refractivity contribution in [1.82, 2.24) is 19.4 Å². The van der Waals surface area contributed by atoms with Gasteiger partial charge in [-0.2, -0.15) is 0 Å². The fourth-order valence-corrected chi connectivity index (χ4v) is 3.88. The molecule has 1 atom stereocenters. The van der Waals surface area contributed by atoms with Crippen molar-refractivity contribution >= 4 is 28.3 Å². The van der Waals surface area contributed by atoms with Crippen molar-refractivity contribution in [2.24, 2.45) is 0 Å². The van der Waals surface area contributed by atoms with Gasteiger partial charge in [-0.15, -0.1) is 11.3 Å². The maximum Gasteiger partial charge on any atom is 0.242 e. The molecule has 0 saturated heterocycles. The monoisotopic (exact) mass is 342 g/mol.